The summed E-state index contributed by atoms with van der Waals surface area (Å²) >= 11 is 7.74. The number of hydrogen-bond donors (Lipinski definition) is 1. The van der Waals surface area contributed by atoms with Gasteiger partial charge in [0, 0.05) is 34.7 Å². The summed E-state index contributed by atoms with van der Waals surface area (Å²) < 4.78 is 0. The molecule has 0 saturated carbocycles. The van der Waals surface area contributed by atoms with Crippen LogP contribution in [0.3, 0.4) is 0 Å². The number of nitrogens with one attached hydrogen (secondary N) is 1. The number of benzene rings is 2. The molecule has 4 nitrogen and oxygen atoms in total. The van der Waals surface area contributed by atoms with Gasteiger partial charge in [0.25, 0.3) is 0 Å². The molecule has 0 unspecified atom stereocenters. The van der Waals surface area contributed by atoms with Crippen molar-refractivity contribution in [1.29, 1.82) is 0 Å². The minimum atomic E-state index is -0.558. The van der Waals surface area contributed by atoms with Crippen LogP contribution in [0.5, 0.6) is 0 Å². The first-order valence-corrected chi connectivity index (χ1v) is 11.3. The number of rotatable bonds is 10. The normalized spacial score (nSPS) is 12.8. The predicted molar refractivity (Wildman–Crippen MR) is 121 cm³/mol. The monoisotopic (exact) mass is 432 g/mol. The topological polar surface area (TPSA) is 49.4 Å². The van der Waals surface area contributed by atoms with Crippen molar-refractivity contribution in [2.75, 3.05) is 5.75 Å². The van der Waals surface area contributed by atoms with E-state index in [0.29, 0.717) is 23.7 Å². The molecule has 0 aliphatic carbocycles. The number of thioether (sulfide) groups is 1. The lowest BCUT2D eigenvalue weighted by Gasteiger charge is -2.29. The molecule has 156 valence electrons. The van der Waals surface area contributed by atoms with E-state index in [-0.39, 0.29) is 17.9 Å². The summed E-state index contributed by atoms with van der Waals surface area (Å²) in [5, 5.41) is 3.60. The van der Waals surface area contributed by atoms with E-state index in [1.807, 2.05) is 62.4 Å². The standard InChI is InChI=1S/C23H29ClN2O2S/c1-4-17(2)25-23(28)18(3)26(16-19-9-8-10-20(24)15-19)22(27)13-14-29-21-11-6-5-7-12-21/h5-12,15,17-18H,4,13-14,16H2,1-3H3,(H,25,28)/t17-,18+/m0/s1. The van der Waals surface area contributed by atoms with Crippen molar-refractivity contribution in [1.82, 2.24) is 10.2 Å². The van der Waals surface area contributed by atoms with Gasteiger partial charge in [-0.25, -0.2) is 0 Å². The van der Waals surface area contributed by atoms with Crippen LogP contribution in [0, 0.1) is 0 Å². The van der Waals surface area contributed by atoms with Gasteiger partial charge in [0.15, 0.2) is 0 Å². The van der Waals surface area contributed by atoms with Gasteiger partial charge in [0.2, 0.25) is 11.8 Å². The zero-order valence-electron chi connectivity index (χ0n) is 17.2. The Morgan fingerprint density at radius 3 is 2.48 bits per heavy atom. The van der Waals surface area contributed by atoms with E-state index in [4.69, 9.17) is 11.6 Å². The smallest absolute Gasteiger partial charge is 0.242 e. The van der Waals surface area contributed by atoms with E-state index in [9.17, 15) is 9.59 Å². The van der Waals surface area contributed by atoms with Gasteiger partial charge >= 0.3 is 0 Å². The van der Waals surface area contributed by atoms with Gasteiger partial charge in [0.05, 0.1) is 0 Å². The molecule has 2 rings (SSSR count). The number of hydrogen-bond acceptors (Lipinski definition) is 3. The Bertz CT molecular complexity index is 800. The quantitative estimate of drug-likeness (QED) is 0.528. The Morgan fingerprint density at radius 1 is 1.10 bits per heavy atom. The highest BCUT2D eigenvalue weighted by atomic mass is 35.5. The number of carbonyl (C=O) groups excluding carboxylic acids is 2. The van der Waals surface area contributed by atoms with Gasteiger partial charge in [-0.3, -0.25) is 9.59 Å². The largest absolute Gasteiger partial charge is 0.352 e. The Kier molecular flexibility index (Phi) is 9.55. The average Bonchev–Trinajstić information content (AvgIpc) is 2.72. The van der Waals surface area contributed by atoms with Crippen molar-refractivity contribution < 1.29 is 9.59 Å². The third-order valence-corrected chi connectivity index (χ3v) is 5.99. The lowest BCUT2D eigenvalue weighted by atomic mass is 10.1. The molecule has 6 heteroatoms. The fourth-order valence-electron chi connectivity index (χ4n) is 2.80. The molecule has 0 fully saturated rings. The van der Waals surface area contributed by atoms with Gasteiger partial charge in [-0.2, -0.15) is 0 Å². The van der Waals surface area contributed by atoms with Crippen LogP contribution >= 0.6 is 23.4 Å². The molecule has 0 aliphatic rings. The molecule has 0 aromatic heterocycles. The number of halogens is 1. The first-order chi connectivity index (χ1) is 13.9. The van der Waals surface area contributed by atoms with Crippen LogP contribution < -0.4 is 5.32 Å². The summed E-state index contributed by atoms with van der Waals surface area (Å²) in [6.07, 6.45) is 1.20. The molecule has 2 atom stereocenters. The SMILES string of the molecule is CC[C@H](C)NC(=O)[C@@H](C)N(Cc1cccc(Cl)c1)C(=O)CCSc1ccccc1. The molecular weight excluding hydrogens is 404 g/mol. The fraction of sp³-hybridized carbons (Fsp3) is 0.391. The third-order valence-electron chi connectivity index (χ3n) is 4.74. The highest BCUT2D eigenvalue weighted by molar-refractivity contribution is 7.99. The first-order valence-electron chi connectivity index (χ1n) is 9.92. The van der Waals surface area contributed by atoms with Crippen LogP contribution in [-0.2, 0) is 16.1 Å². The van der Waals surface area contributed by atoms with E-state index in [1.54, 1.807) is 29.7 Å². The summed E-state index contributed by atoms with van der Waals surface area (Å²) in [7, 11) is 0. The van der Waals surface area contributed by atoms with Crippen LogP contribution in [0.4, 0.5) is 0 Å². The van der Waals surface area contributed by atoms with Crippen LogP contribution in [0.2, 0.25) is 5.02 Å². The molecule has 0 heterocycles. The molecule has 0 radical (unpaired) electrons. The zero-order chi connectivity index (χ0) is 21.2. The molecule has 2 amide bonds. The van der Waals surface area contributed by atoms with Gasteiger partial charge in [-0.15, -0.1) is 11.8 Å². The zero-order valence-corrected chi connectivity index (χ0v) is 18.8. The fourth-order valence-corrected chi connectivity index (χ4v) is 3.87. The van der Waals surface area contributed by atoms with Gasteiger partial charge in [0.1, 0.15) is 6.04 Å². The van der Waals surface area contributed by atoms with E-state index in [1.165, 1.54) is 0 Å². The molecule has 1 N–H and O–H groups in total. The van der Waals surface area contributed by atoms with Crippen molar-refractivity contribution in [3.05, 3.63) is 65.2 Å². The van der Waals surface area contributed by atoms with E-state index >= 15 is 0 Å². The Balaban J connectivity index is 2.07. The molecule has 29 heavy (non-hydrogen) atoms. The minimum Gasteiger partial charge on any atom is -0.352 e. The van der Waals surface area contributed by atoms with E-state index in [0.717, 1.165) is 16.9 Å². The molecular formula is C23H29ClN2O2S. The molecule has 2 aromatic carbocycles. The van der Waals surface area contributed by atoms with Crippen molar-refractivity contribution >= 4 is 35.2 Å². The van der Waals surface area contributed by atoms with Crippen LogP contribution in [0.25, 0.3) is 0 Å². The van der Waals surface area contributed by atoms with Crippen molar-refractivity contribution in [3.63, 3.8) is 0 Å². The number of carbonyl (C=O) groups is 2. The highest BCUT2D eigenvalue weighted by Gasteiger charge is 2.26. The van der Waals surface area contributed by atoms with Gasteiger partial charge in [-0.1, -0.05) is 48.9 Å². The molecule has 0 aliphatic heterocycles. The summed E-state index contributed by atoms with van der Waals surface area (Å²) in [6, 6.07) is 16.9. The average molecular weight is 433 g/mol. The first kappa shape index (κ1) is 23.3. The molecule has 0 spiro atoms. The summed E-state index contributed by atoms with van der Waals surface area (Å²) in [6.45, 7) is 6.12. The van der Waals surface area contributed by atoms with Crippen LogP contribution in [0.1, 0.15) is 39.2 Å². The third kappa shape index (κ3) is 7.75. The highest BCUT2D eigenvalue weighted by Crippen LogP contribution is 2.20. The van der Waals surface area contributed by atoms with Crippen molar-refractivity contribution in [3.8, 4) is 0 Å². The molecule has 2 aromatic rings. The Hall–Kier alpha value is -1.98. The predicted octanol–water partition coefficient (Wildman–Crippen LogP) is 5.15. The summed E-state index contributed by atoms with van der Waals surface area (Å²) in [5.74, 6) is 0.486. The van der Waals surface area contributed by atoms with Crippen molar-refractivity contribution in [2.24, 2.45) is 0 Å². The lowest BCUT2D eigenvalue weighted by molar-refractivity contribution is -0.140. The number of nitrogens with zero attached hydrogens (tertiary/aromatic N) is 1. The maximum absolute atomic E-state index is 13.0. The Morgan fingerprint density at radius 2 is 1.83 bits per heavy atom. The minimum absolute atomic E-state index is 0.0415. The second kappa shape index (κ2) is 11.9. The maximum atomic E-state index is 13.0. The van der Waals surface area contributed by atoms with Crippen LogP contribution in [0.15, 0.2) is 59.5 Å². The summed E-state index contributed by atoms with van der Waals surface area (Å²) in [4.78, 5) is 28.5. The maximum Gasteiger partial charge on any atom is 0.242 e. The van der Waals surface area contributed by atoms with E-state index < -0.39 is 6.04 Å². The summed E-state index contributed by atoms with van der Waals surface area (Å²) in [5.41, 5.74) is 0.907. The second-order valence-corrected chi connectivity index (χ2v) is 8.66. The second-order valence-electron chi connectivity index (χ2n) is 7.06. The Labute approximate surface area is 183 Å². The lowest BCUT2D eigenvalue weighted by Crippen LogP contribution is -2.49. The van der Waals surface area contributed by atoms with Gasteiger partial charge in [-0.05, 0) is 50.1 Å². The van der Waals surface area contributed by atoms with E-state index in [2.05, 4.69) is 5.32 Å². The van der Waals surface area contributed by atoms with Gasteiger partial charge < -0.3 is 10.2 Å². The van der Waals surface area contributed by atoms with Crippen molar-refractivity contribution in [2.45, 2.75) is 57.1 Å². The number of amides is 2. The van der Waals surface area contributed by atoms with Crippen LogP contribution in [-0.4, -0.2) is 34.6 Å². The molecule has 0 saturated heterocycles. The molecule has 0 bridgehead atoms.